The zero-order chi connectivity index (χ0) is 18.4. The average molecular weight is 356 g/mol. The summed E-state index contributed by atoms with van der Waals surface area (Å²) in [7, 11) is 0. The summed E-state index contributed by atoms with van der Waals surface area (Å²) >= 11 is 0. The van der Waals surface area contributed by atoms with Crippen LogP contribution in [0.4, 0.5) is 17.3 Å². The van der Waals surface area contributed by atoms with Crippen LogP contribution in [0.25, 0.3) is 0 Å². The van der Waals surface area contributed by atoms with Crippen molar-refractivity contribution in [3.63, 3.8) is 0 Å². The number of carbonyl (C=O) groups excluding carboxylic acids is 1. The molecule has 1 amide bonds. The molecule has 0 bridgehead atoms. The molecule has 26 heavy (non-hydrogen) atoms. The third-order valence-electron chi connectivity index (χ3n) is 4.01. The monoisotopic (exact) mass is 356 g/mol. The largest absolute Gasteiger partial charge is 0.491 e. The topological polar surface area (TPSA) is 85.4 Å². The van der Waals surface area contributed by atoms with Gasteiger partial charge in [-0.15, -0.1) is 10.2 Å². The molecule has 0 aliphatic carbocycles. The summed E-state index contributed by atoms with van der Waals surface area (Å²) in [6.45, 7) is 5.25. The quantitative estimate of drug-likeness (QED) is 0.825. The lowest BCUT2D eigenvalue weighted by Crippen LogP contribution is -2.28. The summed E-state index contributed by atoms with van der Waals surface area (Å²) in [5.41, 5.74) is 0.884. The van der Waals surface area contributed by atoms with Crippen LogP contribution in [0.3, 0.4) is 0 Å². The van der Waals surface area contributed by atoms with Gasteiger partial charge in [-0.25, -0.2) is 0 Å². The highest BCUT2D eigenvalue weighted by molar-refractivity contribution is 5.91. The molecule has 2 heterocycles. The number of rotatable bonds is 6. The minimum absolute atomic E-state index is 0.0186. The van der Waals surface area contributed by atoms with Crippen LogP contribution >= 0.6 is 0 Å². The summed E-state index contributed by atoms with van der Waals surface area (Å²) in [6.07, 6.45) is 1.63. The van der Waals surface area contributed by atoms with Crippen molar-refractivity contribution in [3.8, 4) is 5.75 Å². The summed E-state index contributed by atoms with van der Waals surface area (Å²) in [5, 5.41) is 14.2. The standard InChI is InChI=1S/C19H24N4O3/c1-13(2)26-16-5-3-15(4-6-16)20-17-7-8-18(23-22-17)21-19(24)14-9-11-25-12-10-14/h3-8,13-14H,9-12H2,1-2H3,(H,20,22)(H,21,23,24). The zero-order valence-corrected chi connectivity index (χ0v) is 15.1. The van der Waals surface area contributed by atoms with Gasteiger partial charge in [-0.1, -0.05) is 0 Å². The fraction of sp³-hybridized carbons (Fsp3) is 0.421. The Balaban J connectivity index is 1.54. The number of anilines is 3. The summed E-state index contributed by atoms with van der Waals surface area (Å²) < 4.78 is 10.9. The van der Waals surface area contributed by atoms with E-state index in [4.69, 9.17) is 9.47 Å². The van der Waals surface area contributed by atoms with E-state index in [9.17, 15) is 4.79 Å². The van der Waals surface area contributed by atoms with Gasteiger partial charge in [0, 0.05) is 24.8 Å². The molecule has 2 aromatic rings. The highest BCUT2D eigenvalue weighted by atomic mass is 16.5. The van der Waals surface area contributed by atoms with Gasteiger partial charge in [0.25, 0.3) is 0 Å². The molecule has 0 saturated carbocycles. The molecule has 1 aromatic carbocycles. The van der Waals surface area contributed by atoms with Crippen molar-refractivity contribution in [1.29, 1.82) is 0 Å². The highest BCUT2D eigenvalue weighted by Gasteiger charge is 2.21. The smallest absolute Gasteiger partial charge is 0.228 e. The molecule has 138 valence electrons. The van der Waals surface area contributed by atoms with E-state index in [1.807, 2.05) is 38.1 Å². The van der Waals surface area contributed by atoms with Crippen molar-refractivity contribution < 1.29 is 14.3 Å². The normalized spacial score (nSPS) is 14.9. The number of amides is 1. The summed E-state index contributed by atoms with van der Waals surface area (Å²) in [5.74, 6) is 1.83. The van der Waals surface area contributed by atoms with Crippen molar-refractivity contribution in [3.05, 3.63) is 36.4 Å². The van der Waals surface area contributed by atoms with Crippen LogP contribution in [0.2, 0.25) is 0 Å². The van der Waals surface area contributed by atoms with Crippen molar-refractivity contribution in [2.75, 3.05) is 23.8 Å². The van der Waals surface area contributed by atoms with Crippen LogP contribution in [-0.4, -0.2) is 35.4 Å². The molecule has 7 nitrogen and oxygen atoms in total. The lowest BCUT2D eigenvalue weighted by molar-refractivity contribution is -0.122. The fourth-order valence-electron chi connectivity index (χ4n) is 2.69. The van der Waals surface area contributed by atoms with Crippen LogP contribution < -0.4 is 15.4 Å². The van der Waals surface area contributed by atoms with E-state index in [-0.39, 0.29) is 17.9 Å². The Morgan fingerprint density at radius 3 is 2.35 bits per heavy atom. The van der Waals surface area contributed by atoms with Gasteiger partial charge in [0.15, 0.2) is 11.6 Å². The Hall–Kier alpha value is -2.67. The third kappa shape index (κ3) is 5.16. The van der Waals surface area contributed by atoms with Gasteiger partial charge in [0.1, 0.15) is 5.75 Å². The van der Waals surface area contributed by atoms with Gasteiger partial charge >= 0.3 is 0 Å². The molecular formula is C19H24N4O3. The molecule has 1 aliphatic rings. The van der Waals surface area contributed by atoms with Crippen LogP contribution in [0, 0.1) is 5.92 Å². The molecule has 0 radical (unpaired) electrons. The number of ether oxygens (including phenoxy) is 2. The molecule has 0 atom stereocenters. The van der Waals surface area contributed by atoms with Gasteiger partial charge in [0.05, 0.1) is 6.10 Å². The van der Waals surface area contributed by atoms with Crippen LogP contribution in [0.5, 0.6) is 5.75 Å². The average Bonchev–Trinajstić information content (AvgIpc) is 2.65. The Labute approximate surface area is 153 Å². The third-order valence-corrected chi connectivity index (χ3v) is 4.01. The second-order valence-electron chi connectivity index (χ2n) is 6.50. The van der Waals surface area contributed by atoms with Crippen molar-refractivity contribution in [1.82, 2.24) is 10.2 Å². The van der Waals surface area contributed by atoms with Gasteiger partial charge in [-0.05, 0) is 63.1 Å². The first-order chi connectivity index (χ1) is 12.6. The Kier molecular flexibility index (Phi) is 6.01. The van der Waals surface area contributed by atoms with Crippen molar-refractivity contribution in [2.24, 2.45) is 5.92 Å². The van der Waals surface area contributed by atoms with E-state index >= 15 is 0 Å². The number of hydrogen-bond acceptors (Lipinski definition) is 6. The van der Waals surface area contributed by atoms with Gasteiger partial charge in [-0.2, -0.15) is 0 Å². The van der Waals surface area contributed by atoms with Gasteiger partial charge in [-0.3, -0.25) is 4.79 Å². The molecule has 1 aromatic heterocycles. The molecule has 2 N–H and O–H groups in total. The maximum atomic E-state index is 12.2. The van der Waals surface area contributed by atoms with E-state index in [1.165, 1.54) is 0 Å². The second kappa shape index (κ2) is 8.62. The van der Waals surface area contributed by atoms with Crippen molar-refractivity contribution >= 4 is 23.2 Å². The maximum absolute atomic E-state index is 12.2. The van der Waals surface area contributed by atoms with E-state index in [0.717, 1.165) is 24.3 Å². The van der Waals surface area contributed by atoms with E-state index in [2.05, 4.69) is 20.8 Å². The molecule has 1 aliphatic heterocycles. The number of carbonyl (C=O) groups is 1. The molecule has 7 heteroatoms. The Morgan fingerprint density at radius 2 is 1.73 bits per heavy atom. The molecule has 0 unspecified atom stereocenters. The van der Waals surface area contributed by atoms with Crippen LogP contribution in [0.15, 0.2) is 36.4 Å². The van der Waals surface area contributed by atoms with Crippen LogP contribution in [-0.2, 0) is 9.53 Å². The minimum atomic E-state index is -0.0240. The minimum Gasteiger partial charge on any atom is -0.491 e. The van der Waals surface area contributed by atoms with Crippen LogP contribution in [0.1, 0.15) is 26.7 Å². The summed E-state index contributed by atoms with van der Waals surface area (Å²) in [4.78, 5) is 12.2. The predicted octanol–water partition coefficient (Wildman–Crippen LogP) is 3.37. The predicted molar refractivity (Wildman–Crippen MR) is 99.7 cm³/mol. The molecule has 3 rings (SSSR count). The van der Waals surface area contributed by atoms with E-state index in [0.29, 0.717) is 24.8 Å². The van der Waals surface area contributed by atoms with E-state index in [1.54, 1.807) is 12.1 Å². The first-order valence-electron chi connectivity index (χ1n) is 8.86. The highest BCUT2D eigenvalue weighted by Crippen LogP contribution is 2.20. The van der Waals surface area contributed by atoms with Gasteiger partial charge < -0.3 is 20.1 Å². The first kappa shape index (κ1) is 18.1. The van der Waals surface area contributed by atoms with Gasteiger partial charge in [0.2, 0.25) is 5.91 Å². The number of nitrogens with one attached hydrogen (secondary N) is 2. The maximum Gasteiger partial charge on any atom is 0.228 e. The zero-order valence-electron chi connectivity index (χ0n) is 15.1. The number of nitrogens with zero attached hydrogens (tertiary/aromatic N) is 2. The second-order valence-corrected chi connectivity index (χ2v) is 6.50. The molecule has 1 fully saturated rings. The summed E-state index contributed by atoms with van der Waals surface area (Å²) in [6, 6.07) is 11.2. The number of hydrogen-bond donors (Lipinski definition) is 2. The fourth-order valence-corrected chi connectivity index (χ4v) is 2.69. The lowest BCUT2D eigenvalue weighted by Gasteiger charge is -2.20. The lowest BCUT2D eigenvalue weighted by atomic mass is 9.99. The molecular weight excluding hydrogens is 332 g/mol. The first-order valence-corrected chi connectivity index (χ1v) is 8.86. The van der Waals surface area contributed by atoms with Crippen molar-refractivity contribution in [2.45, 2.75) is 32.8 Å². The SMILES string of the molecule is CC(C)Oc1ccc(Nc2ccc(NC(=O)C3CCOCC3)nn2)cc1. The Bertz CT molecular complexity index is 711. The number of aromatic nitrogens is 2. The van der Waals surface area contributed by atoms with E-state index < -0.39 is 0 Å². The molecule has 0 spiro atoms. The Morgan fingerprint density at radius 1 is 1.08 bits per heavy atom. The molecule has 1 saturated heterocycles. The number of benzene rings is 1.